The summed E-state index contributed by atoms with van der Waals surface area (Å²) in [5, 5.41) is 15.5. The maximum absolute atomic E-state index is 11.5. The predicted molar refractivity (Wildman–Crippen MR) is 104 cm³/mol. The number of nitrogens with zero attached hydrogens (tertiary/aromatic N) is 2. The van der Waals surface area contributed by atoms with Crippen LogP contribution in [0.3, 0.4) is 0 Å². The minimum absolute atomic E-state index is 0.202. The van der Waals surface area contributed by atoms with Crippen molar-refractivity contribution in [3.05, 3.63) is 41.0 Å². The molecule has 2 N–H and O–H groups in total. The van der Waals surface area contributed by atoms with Crippen molar-refractivity contribution in [1.29, 1.82) is 0 Å². The van der Waals surface area contributed by atoms with E-state index in [0.29, 0.717) is 42.3 Å². The van der Waals surface area contributed by atoms with E-state index in [1.54, 1.807) is 6.92 Å². The Morgan fingerprint density at radius 3 is 2.68 bits per heavy atom. The van der Waals surface area contributed by atoms with Crippen molar-refractivity contribution in [2.75, 3.05) is 18.5 Å². The van der Waals surface area contributed by atoms with Gasteiger partial charge in [-0.1, -0.05) is 35.5 Å². The molecule has 1 amide bonds. The summed E-state index contributed by atoms with van der Waals surface area (Å²) in [5.41, 5.74) is 2.82. The first-order chi connectivity index (χ1) is 13.5. The van der Waals surface area contributed by atoms with Gasteiger partial charge in [-0.3, -0.25) is 10.1 Å². The number of aryl methyl sites for hydroxylation is 1. The Bertz CT molecular complexity index is 981. The number of hydrogen-bond acceptors (Lipinski definition) is 7. The largest absolute Gasteiger partial charge is 0.474 e. The van der Waals surface area contributed by atoms with E-state index in [0.717, 1.165) is 10.4 Å². The number of carbonyl (C=O) groups is 2. The SMILES string of the molecule is CCOCCc1sc(NC(=O)C(=O)O)nc1-c1c(-c2ccccc2)noc1C. The topological polar surface area (TPSA) is 115 Å². The fraction of sp³-hybridized carbons (Fsp3) is 0.263. The molecule has 8 nitrogen and oxygen atoms in total. The highest BCUT2D eigenvalue weighted by Crippen LogP contribution is 2.39. The van der Waals surface area contributed by atoms with Crippen LogP contribution in [0.1, 0.15) is 17.6 Å². The molecule has 146 valence electrons. The van der Waals surface area contributed by atoms with Gasteiger partial charge < -0.3 is 14.4 Å². The van der Waals surface area contributed by atoms with Crippen molar-refractivity contribution >= 4 is 28.3 Å². The van der Waals surface area contributed by atoms with Crippen molar-refractivity contribution in [2.45, 2.75) is 20.3 Å². The minimum Gasteiger partial charge on any atom is -0.474 e. The van der Waals surface area contributed by atoms with Crippen LogP contribution in [0.5, 0.6) is 0 Å². The lowest BCUT2D eigenvalue weighted by molar-refractivity contribution is -0.147. The Morgan fingerprint density at radius 1 is 1.25 bits per heavy atom. The van der Waals surface area contributed by atoms with E-state index in [-0.39, 0.29) is 5.13 Å². The fourth-order valence-corrected chi connectivity index (χ4v) is 3.62. The molecule has 1 aromatic carbocycles. The number of anilines is 1. The predicted octanol–water partition coefficient (Wildman–Crippen LogP) is 3.38. The summed E-state index contributed by atoms with van der Waals surface area (Å²) in [7, 11) is 0. The number of carboxylic acids is 1. The first-order valence-electron chi connectivity index (χ1n) is 8.65. The second-order valence-corrected chi connectivity index (χ2v) is 6.91. The number of aliphatic carboxylic acids is 1. The number of thiazole rings is 1. The van der Waals surface area contributed by atoms with Gasteiger partial charge in [0.1, 0.15) is 11.5 Å². The Balaban J connectivity index is 2.05. The molecule has 0 spiro atoms. The summed E-state index contributed by atoms with van der Waals surface area (Å²) in [5.74, 6) is -2.13. The Morgan fingerprint density at radius 2 is 2.00 bits per heavy atom. The average molecular weight is 401 g/mol. The van der Waals surface area contributed by atoms with E-state index >= 15 is 0 Å². The molecule has 2 aromatic heterocycles. The molecule has 0 radical (unpaired) electrons. The summed E-state index contributed by atoms with van der Waals surface area (Å²) in [6.07, 6.45) is 0.558. The van der Waals surface area contributed by atoms with Crippen LogP contribution in [0.4, 0.5) is 5.13 Å². The molecule has 0 aliphatic carbocycles. The van der Waals surface area contributed by atoms with Gasteiger partial charge in [0.2, 0.25) is 0 Å². The molecule has 0 atom stereocenters. The van der Waals surface area contributed by atoms with E-state index in [1.165, 1.54) is 11.3 Å². The van der Waals surface area contributed by atoms with Crippen molar-refractivity contribution in [2.24, 2.45) is 0 Å². The number of aromatic nitrogens is 2. The molecule has 28 heavy (non-hydrogen) atoms. The number of hydrogen-bond donors (Lipinski definition) is 2. The molecule has 0 unspecified atom stereocenters. The van der Waals surface area contributed by atoms with Gasteiger partial charge >= 0.3 is 11.9 Å². The molecule has 0 bridgehead atoms. The van der Waals surface area contributed by atoms with Crippen molar-refractivity contribution in [3.8, 4) is 22.5 Å². The average Bonchev–Trinajstić information content (AvgIpc) is 3.25. The lowest BCUT2D eigenvalue weighted by atomic mass is 10.0. The maximum atomic E-state index is 11.5. The van der Waals surface area contributed by atoms with Crippen LogP contribution in [0.15, 0.2) is 34.9 Å². The fourth-order valence-electron chi connectivity index (χ4n) is 2.67. The summed E-state index contributed by atoms with van der Waals surface area (Å²) in [6.45, 7) is 4.75. The first kappa shape index (κ1) is 19.7. The van der Waals surface area contributed by atoms with Gasteiger partial charge in [0.15, 0.2) is 5.13 Å². The van der Waals surface area contributed by atoms with Crippen molar-refractivity contribution in [1.82, 2.24) is 10.1 Å². The van der Waals surface area contributed by atoms with Gasteiger partial charge in [-0.2, -0.15) is 0 Å². The molecule has 0 aliphatic rings. The quantitative estimate of drug-likeness (QED) is 0.461. The molecule has 0 aliphatic heterocycles. The zero-order valence-corrected chi connectivity index (χ0v) is 16.2. The summed E-state index contributed by atoms with van der Waals surface area (Å²) < 4.78 is 10.9. The summed E-state index contributed by atoms with van der Waals surface area (Å²) in [6, 6.07) is 9.55. The zero-order chi connectivity index (χ0) is 20.1. The minimum atomic E-state index is -1.57. The number of carboxylic acid groups (broad SMARTS) is 1. The third-order valence-electron chi connectivity index (χ3n) is 3.94. The van der Waals surface area contributed by atoms with E-state index < -0.39 is 11.9 Å². The third-order valence-corrected chi connectivity index (χ3v) is 4.97. The Kier molecular flexibility index (Phi) is 6.17. The number of benzene rings is 1. The van der Waals surface area contributed by atoms with E-state index in [9.17, 15) is 9.59 Å². The number of rotatable bonds is 7. The van der Waals surface area contributed by atoms with Crippen LogP contribution in [0.2, 0.25) is 0 Å². The lowest BCUT2D eigenvalue weighted by Gasteiger charge is -2.04. The maximum Gasteiger partial charge on any atom is 0.394 e. The standard InChI is InChI=1S/C19H19N3O5S/c1-3-26-10-9-13-16(20-19(28-13)21-17(23)18(24)25)14-11(2)27-22-15(14)12-7-5-4-6-8-12/h4-8H,3,9-10H2,1-2H3,(H,24,25)(H,20,21,23). The molecule has 3 rings (SSSR count). The molecular formula is C19H19N3O5S. The second-order valence-electron chi connectivity index (χ2n) is 5.83. The first-order valence-corrected chi connectivity index (χ1v) is 9.46. The second kappa shape index (κ2) is 8.77. The molecular weight excluding hydrogens is 382 g/mol. The highest BCUT2D eigenvalue weighted by molar-refractivity contribution is 7.16. The summed E-state index contributed by atoms with van der Waals surface area (Å²) >= 11 is 1.21. The van der Waals surface area contributed by atoms with Gasteiger partial charge in [0.25, 0.3) is 0 Å². The molecule has 9 heteroatoms. The van der Waals surface area contributed by atoms with Gasteiger partial charge in [-0.25, -0.2) is 9.78 Å². The van der Waals surface area contributed by atoms with Crippen molar-refractivity contribution in [3.63, 3.8) is 0 Å². The number of nitrogens with one attached hydrogen (secondary N) is 1. The number of amides is 1. The van der Waals surface area contributed by atoms with Crippen LogP contribution in [0, 0.1) is 6.92 Å². The van der Waals surface area contributed by atoms with Gasteiger partial charge in [-0.05, 0) is 13.8 Å². The third kappa shape index (κ3) is 4.26. The monoisotopic (exact) mass is 401 g/mol. The van der Waals surface area contributed by atoms with Gasteiger partial charge in [0, 0.05) is 23.5 Å². The molecule has 0 saturated carbocycles. The molecule has 2 heterocycles. The highest BCUT2D eigenvalue weighted by Gasteiger charge is 2.24. The molecule has 0 fully saturated rings. The van der Waals surface area contributed by atoms with E-state index in [1.807, 2.05) is 37.3 Å². The van der Waals surface area contributed by atoms with Crippen LogP contribution in [-0.2, 0) is 20.7 Å². The zero-order valence-electron chi connectivity index (χ0n) is 15.4. The summed E-state index contributed by atoms with van der Waals surface area (Å²) in [4.78, 5) is 27.7. The smallest absolute Gasteiger partial charge is 0.394 e. The van der Waals surface area contributed by atoms with Crippen LogP contribution in [0.25, 0.3) is 22.5 Å². The van der Waals surface area contributed by atoms with E-state index in [2.05, 4.69) is 15.5 Å². The van der Waals surface area contributed by atoms with Crippen LogP contribution < -0.4 is 5.32 Å². The molecule has 0 saturated heterocycles. The van der Waals surface area contributed by atoms with Gasteiger partial charge in [-0.15, -0.1) is 11.3 Å². The number of ether oxygens (including phenoxy) is 1. The Labute approximate surface area is 165 Å². The van der Waals surface area contributed by atoms with Crippen LogP contribution >= 0.6 is 11.3 Å². The molecule has 3 aromatic rings. The van der Waals surface area contributed by atoms with Crippen LogP contribution in [-0.4, -0.2) is 40.3 Å². The van der Waals surface area contributed by atoms with Crippen molar-refractivity contribution < 1.29 is 24.0 Å². The van der Waals surface area contributed by atoms with Gasteiger partial charge in [0.05, 0.1) is 17.9 Å². The lowest BCUT2D eigenvalue weighted by Crippen LogP contribution is -2.21. The highest BCUT2D eigenvalue weighted by atomic mass is 32.1. The Hall–Kier alpha value is -3.04. The van der Waals surface area contributed by atoms with E-state index in [4.69, 9.17) is 14.4 Å². The number of carbonyl (C=O) groups excluding carboxylic acids is 1. The normalized spacial score (nSPS) is 10.8.